The van der Waals surface area contributed by atoms with E-state index in [0.717, 1.165) is 25.1 Å². The molecule has 3 heterocycles. The number of anilines is 1. The van der Waals surface area contributed by atoms with E-state index >= 15 is 0 Å². The van der Waals surface area contributed by atoms with Crippen LogP contribution in [0.2, 0.25) is 5.15 Å². The first kappa shape index (κ1) is 13.9. The van der Waals surface area contributed by atoms with Crippen LogP contribution in [0.1, 0.15) is 34.8 Å². The molecule has 0 aromatic carbocycles. The summed E-state index contributed by atoms with van der Waals surface area (Å²) in [7, 11) is 0. The molecule has 1 aliphatic heterocycles. The first-order valence-corrected chi connectivity index (χ1v) is 7.22. The van der Waals surface area contributed by atoms with Gasteiger partial charge in [-0.2, -0.15) is 5.10 Å². The molecule has 21 heavy (non-hydrogen) atoms. The van der Waals surface area contributed by atoms with Crippen molar-refractivity contribution >= 4 is 23.2 Å². The number of nitrogen functional groups attached to an aromatic ring is 1. The van der Waals surface area contributed by atoms with Gasteiger partial charge in [0.25, 0.3) is 5.91 Å². The van der Waals surface area contributed by atoms with E-state index < -0.39 is 0 Å². The minimum atomic E-state index is -0.0963. The summed E-state index contributed by atoms with van der Waals surface area (Å²) >= 11 is 5.86. The van der Waals surface area contributed by atoms with Crippen molar-refractivity contribution in [3.05, 3.63) is 40.9 Å². The highest BCUT2D eigenvalue weighted by atomic mass is 35.5. The highest BCUT2D eigenvalue weighted by molar-refractivity contribution is 6.29. The van der Waals surface area contributed by atoms with Crippen LogP contribution in [0.4, 0.5) is 5.69 Å². The maximum Gasteiger partial charge on any atom is 0.256 e. The third-order valence-electron chi connectivity index (χ3n) is 3.80. The SMILES string of the molecule is Nc1cnc(Cl)cc1C(=O)N1CCCC(c2ccn[nH]2)C1. The van der Waals surface area contributed by atoms with Crippen molar-refractivity contribution in [3.8, 4) is 0 Å². The van der Waals surface area contributed by atoms with Gasteiger partial charge in [-0.1, -0.05) is 11.6 Å². The lowest BCUT2D eigenvalue weighted by Gasteiger charge is -2.32. The third kappa shape index (κ3) is 2.85. The Morgan fingerprint density at radius 1 is 1.52 bits per heavy atom. The number of aromatic amines is 1. The molecule has 1 atom stereocenters. The molecule has 1 aliphatic rings. The van der Waals surface area contributed by atoms with Gasteiger partial charge in [-0.05, 0) is 25.0 Å². The van der Waals surface area contributed by atoms with Gasteiger partial charge in [0.05, 0.1) is 17.4 Å². The molecule has 2 aromatic rings. The van der Waals surface area contributed by atoms with E-state index in [9.17, 15) is 4.79 Å². The van der Waals surface area contributed by atoms with Gasteiger partial charge in [-0.15, -0.1) is 0 Å². The summed E-state index contributed by atoms with van der Waals surface area (Å²) in [5, 5.41) is 7.23. The Kier molecular flexibility index (Phi) is 3.79. The first-order valence-electron chi connectivity index (χ1n) is 6.84. The van der Waals surface area contributed by atoms with E-state index in [0.29, 0.717) is 17.8 Å². The number of hydrogen-bond acceptors (Lipinski definition) is 4. The van der Waals surface area contributed by atoms with Gasteiger partial charge in [0.15, 0.2) is 0 Å². The van der Waals surface area contributed by atoms with E-state index in [2.05, 4.69) is 15.2 Å². The number of nitrogens with two attached hydrogens (primary N) is 1. The predicted molar refractivity (Wildman–Crippen MR) is 80.1 cm³/mol. The molecular weight excluding hydrogens is 290 g/mol. The van der Waals surface area contributed by atoms with Crippen molar-refractivity contribution in [1.82, 2.24) is 20.1 Å². The monoisotopic (exact) mass is 305 g/mol. The van der Waals surface area contributed by atoms with Gasteiger partial charge in [0.2, 0.25) is 0 Å². The molecule has 0 bridgehead atoms. The average Bonchev–Trinajstić information content (AvgIpc) is 3.03. The summed E-state index contributed by atoms with van der Waals surface area (Å²) in [6.45, 7) is 1.38. The van der Waals surface area contributed by atoms with Crippen LogP contribution in [0.25, 0.3) is 0 Å². The summed E-state index contributed by atoms with van der Waals surface area (Å²) in [6.07, 6.45) is 5.15. The van der Waals surface area contributed by atoms with Gasteiger partial charge in [-0.3, -0.25) is 9.89 Å². The second-order valence-electron chi connectivity index (χ2n) is 5.20. The number of piperidine rings is 1. The van der Waals surface area contributed by atoms with E-state index in [4.69, 9.17) is 17.3 Å². The lowest BCUT2D eigenvalue weighted by Crippen LogP contribution is -2.39. The van der Waals surface area contributed by atoms with Gasteiger partial charge in [0, 0.05) is 30.9 Å². The number of likely N-dealkylation sites (tertiary alicyclic amines) is 1. The Morgan fingerprint density at radius 3 is 3.14 bits per heavy atom. The lowest BCUT2D eigenvalue weighted by atomic mass is 9.94. The van der Waals surface area contributed by atoms with Gasteiger partial charge >= 0.3 is 0 Å². The van der Waals surface area contributed by atoms with E-state index in [1.165, 1.54) is 12.3 Å². The molecule has 3 N–H and O–H groups in total. The fourth-order valence-electron chi connectivity index (χ4n) is 2.71. The molecule has 1 unspecified atom stereocenters. The Hall–Kier alpha value is -2.08. The first-order chi connectivity index (χ1) is 10.1. The second-order valence-corrected chi connectivity index (χ2v) is 5.58. The van der Waals surface area contributed by atoms with Crippen LogP contribution in [0, 0.1) is 0 Å². The summed E-state index contributed by atoms with van der Waals surface area (Å²) in [4.78, 5) is 18.3. The molecule has 0 radical (unpaired) electrons. The molecule has 1 fully saturated rings. The van der Waals surface area contributed by atoms with Crippen LogP contribution < -0.4 is 5.73 Å². The largest absolute Gasteiger partial charge is 0.397 e. The van der Waals surface area contributed by atoms with E-state index in [1.807, 2.05) is 11.0 Å². The number of pyridine rings is 1. The number of carbonyl (C=O) groups excluding carboxylic acids is 1. The molecule has 1 amide bonds. The predicted octanol–water partition coefficient (Wildman–Crippen LogP) is 2.06. The molecule has 7 heteroatoms. The molecule has 3 rings (SSSR count). The minimum Gasteiger partial charge on any atom is -0.397 e. The molecule has 0 aliphatic carbocycles. The second kappa shape index (κ2) is 5.73. The topological polar surface area (TPSA) is 87.9 Å². The highest BCUT2D eigenvalue weighted by Gasteiger charge is 2.27. The summed E-state index contributed by atoms with van der Waals surface area (Å²) in [6, 6.07) is 3.48. The van der Waals surface area contributed by atoms with Crippen LogP contribution >= 0.6 is 11.6 Å². The summed E-state index contributed by atoms with van der Waals surface area (Å²) in [5.41, 5.74) is 7.68. The van der Waals surface area contributed by atoms with Gasteiger partial charge < -0.3 is 10.6 Å². The Balaban J connectivity index is 1.79. The van der Waals surface area contributed by atoms with Crippen molar-refractivity contribution in [1.29, 1.82) is 0 Å². The summed E-state index contributed by atoms with van der Waals surface area (Å²) < 4.78 is 0. The molecule has 2 aromatic heterocycles. The zero-order chi connectivity index (χ0) is 14.8. The Bertz CT molecular complexity index is 643. The van der Waals surface area contributed by atoms with Crippen molar-refractivity contribution in [2.75, 3.05) is 18.8 Å². The zero-order valence-corrected chi connectivity index (χ0v) is 12.2. The number of H-pyrrole nitrogens is 1. The van der Waals surface area contributed by atoms with Crippen molar-refractivity contribution < 1.29 is 4.79 Å². The number of amides is 1. The number of nitrogens with zero attached hydrogens (tertiary/aromatic N) is 3. The quantitative estimate of drug-likeness (QED) is 0.831. The number of rotatable bonds is 2. The van der Waals surface area contributed by atoms with Crippen molar-refractivity contribution in [2.24, 2.45) is 0 Å². The van der Waals surface area contributed by atoms with Crippen LogP contribution in [0.5, 0.6) is 0 Å². The fraction of sp³-hybridized carbons (Fsp3) is 0.357. The van der Waals surface area contributed by atoms with Crippen LogP contribution in [0.15, 0.2) is 24.5 Å². The minimum absolute atomic E-state index is 0.0963. The molecular formula is C14H16ClN5O. The fourth-order valence-corrected chi connectivity index (χ4v) is 2.86. The molecule has 6 nitrogen and oxygen atoms in total. The normalized spacial score (nSPS) is 18.7. The molecule has 110 valence electrons. The van der Waals surface area contributed by atoms with Crippen LogP contribution in [-0.2, 0) is 0 Å². The molecule has 0 saturated carbocycles. The molecule has 1 saturated heterocycles. The van der Waals surface area contributed by atoms with Gasteiger partial charge in [0.1, 0.15) is 5.15 Å². The molecule has 0 spiro atoms. The van der Waals surface area contributed by atoms with Crippen LogP contribution in [-0.4, -0.2) is 39.1 Å². The van der Waals surface area contributed by atoms with E-state index in [1.54, 1.807) is 6.20 Å². The number of carbonyl (C=O) groups is 1. The highest BCUT2D eigenvalue weighted by Crippen LogP contribution is 2.27. The maximum atomic E-state index is 12.6. The Morgan fingerprint density at radius 2 is 2.38 bits per heavy atom. The lowest BCUT2D eigenvalue weighted by molar-refractivity contribution is 0.0707. The third-order valence-corrected chi connectivity index (χ3v) is 4.01. The van der Waals surface area contributed by atoms with Crippen LogP contribution in [0.3, 0.4) is 0 Å². The summed E-state index contributed by atoms with van der Waals surface area (Å²) in [5.74, 6) is 0.185. The number of nitrogens with one attached hydrogen (secondary N) is 1. The van der Waals surface area contributed by atoms with Gasteiger partial charge in [-0.25, -0.2) is 4.98 Å². The standard InChI is InChI=1S/C14H16ClN5O/c15-13-6-10(11(16)7-17-13)14(21)20-5-1-2-9(8-20)12-3-4-18-19-12/h3-4,6-7,9H,1-2,5,8,16H2,(H,18,19). The number of hydrogen-bond donors (Lipinski definition) is 2. The maximum absolute atomic E-state index is 12.6. The average molecular weight is 306 g/mol. The van der Waals surface area contributed by atoms with E-state index in [-0.39, 0.29) is 17.0 Å². The number of halogens is 1. The zero-order valence-electron chi connectivity index (χ0n) is 11.4. The smallest absolute Gasteiger partial charge is 0.256 e. The number of aromatic nitrogens is 3. The Labute approximate surface area is 127 Å². The van der Waals surface area contributed by atoms with Crippen molar-refractivity contribution in [2.45, 2.75) is 18.8 Å². The van der Waals surface area contributed by atoms with Crippen molar-refractivity contribution in [3.63, 3.8) is 0 Å².